The van der Waals surface area contributed by atoms with Crippen LogP contribution < -0.4 is 0 Å². The van der Waals surface area contributed by atoms with Crippen molar-refractivity contribution in [3.8, 4) is 0 Å². The SMILES string of the molecule is O=[N+]([O-])c1ccc(COC(CO)c2ccccc2)cc1. The standard InChI is InChI=1S/C15H15NO4/c17-10-15(13-4-2-1-3-5-13)20-11-12-6-8-14(9-7-12)16(18)19/h1-9,15,17H,10-11H2. The van der Waals surface area contributed by atoms with Crippen LogP contribution in [-0.2, 0) is 11.3 Å². The molecule has 2 aromatic rings. The molecule has 0 amide bonds. The first kappa shape index (κ1) is 14.2. The second kappa shape index (κ2) is 6.79. The number of nitro benzene ring substituents is 1. The van der Waals surface area contributed by atoms with Crippen LogP contribution in [0.15, 0.2) is 54.6 Å². The van der Waals surface area contributed by atoms with Gasteiger partial charge in [0, 0.05) is 12.1 Å². The number of rotatable bonds is 6. The third-order valence-electron chi connectivity index (χ3n) is 2.94. The van der Waals surface area contributed by atoms with E-state index in [0.717, 1.165) is 11.1 Å². The minimum absolute atomic E-state index is 0.0514. The van der Waals surface area contributed by atoms with E-state index in [2.05, 4.69) is 0 Å². The molecule has 1 N–H and O–H groups in total. The van der Waals surface area contributed by atoms with Gasteiger partial charge in [0.1, 0.15) is 6.10 Å². The Kier molecular flexibility index (Phi) is 4.81. The lowest BCUT2D eigenvalue weighted by molar-refractivity contribution is -0.384. The highest BCUT2D eigenvalue weighted by molar-refractivity contribution is 5.32. The lowest BCUT2D eigenvalue weighted by Gasteiger charge is -2.15. The molecule has 2 aromatic carbocycles. The number of benzene rings is 2. The number of hydrogen-bond donors (Lipinski definition) is 1. The number of nitrogens with zero attached hydrogens (tertiary/aromatic N) is 1. The molecule has 0 fully saturated rings. The first-order chi connectivity index (χ1) is 9.70. The third-order valence-corrected chi connectivity index (χ3v) is 2.94. The van der Waals surface area contributed by atoms with E-state index in [1.807, 2.05) is 30.3 Å². The maximum absolute atomic E-state index is 10.6. The molecule has 5 heteroatoms. The van der Waals surface area contributed by atoms with Crippen LogP contribution in [0.5, 0.6) is 0 Å². The summed E-state index contributed by atoms with van der Waals surface area (Å²) in [4.78, 5) is 10.1. The van der Waals surface area contributed by atoms with Gasteiger partial charge in [-0.15, -0.1) is 0 Å². The molecule has 0 aromatic heterocycles. The fourth-order valence-corrected chi connectivity index (χ4v) is 1.83. The van der Waals surface area contributed by atoms with Crippen LogP contribution in [0, 0.1) is 10.1 Å². The summed E-state index contributed by atoms with van der Waals surface area (Å²) >= 11 is 0. The maximum atomic E-state index is 10.6. The van der Waals surface area contributed by atoms with Crippen LogP contribution in [-0.4, -0.2) is 16.6 Å². The Bertz CT molecular complexity index is 554. The van der Waals surface area contributed by atoms with Gasteiger partial charge in [-0.25, -0.2) is 0 Å². The molecule has 0 heterocycles. The average molecular weight is 273 g/mol. The second-order valence-electron chi connectivity index (χ2n) is 4.32. The number of aliphatic hydroxyl groups is 1. The van der Waals surface area contributed by atoms with Crippen LogP contribution in [0.4, 0.5) is 5.69 Å². The zero-order valence-electron chi connectivity index (χ0n) is 10.8. The zero-order valence-corrected chi connectivity index (χ0v) is 10.8. The van der Waals surface area contributed by atoms with Crippen molar-refractivity contribution >= 4 is 5.69 Å². The molecule has 0 aliphatic heterocycles. The van der Waals surface area contributed by atoms with E-state index in [0.29, 0.717) is 0 Å². The van der Waals surface area contributed by atoms with Crippen LogP contribution in [0.1, 0.15) is 17.2 Å². The van der Waals surface area contributed by atoms with Gasteiger partial charge in [-0.05, 0) is 23.3 Å². The van der Waals surface area contributed by atoms with Gasteiger partial charge in [0.2, 0.25) is 0 Å². The molecule has 0 aliphatic carbocycles. The van der Waals surface area contributed by atoms with Gasteiger partial charge in [-0.2, -0.15) is 0 Å². The molecule has 0 spiro atoms. The average Bonchev–Trinajstić information content (AvgIpc) is 2.49. The molecule has 1 atom stereocenters. The molecular formula is C15H15NO4. The smallest absolute Gasteiger partial charge is 0.269 e. The van der Waals surface area contributed by atoms with Crippen molar-refractivity contribution in [2.75, 3.05) is 6.61 Å². The summed E-state index contributed by atoms with van der Waals surface area (Å²) in [7, 11) is 0. The predicted octanol–water partition coefficient (Wildman–Crippen LogP) is 2.85. The highest BCUT2D eigenvalue weighted by Gasteiger charge is 2.11. The van der Waals surface area contributed by atoms with Crippen LogP contribution in [0.2, 0.25) is 0 Å². The summed E-state index contributed by atoms with van der Waals surface area (Å²) in [5.74, 6) is 0. The lowest BCUT2D eigenvalue weighted by atomic mass is 10.1. The summed E-state index contributed by atoms with van der Waals surface area (Å²) in [6.45, 7) is 0.176. The van der Waals surface area contributed by atoms with E-state index in [-0.39, 0.29) is 18.9 Å². The van der Waals surface area contributed by atoms with Crippen LogP contribution in [0.25, 0.3) is 0 Å². The Morgan fingerprint density at radius 3 is 2.30 bits per heavy atom. The van der Waals surface area contributed by atoms with E-state index >= 15 is 0 Å². The van der Waals surface area contributed by atoms with Crippen molar-refractivity contribution < 1.29 is 14.8 Å². The molecule has 0 saturated carbocycles. The van der Waals surface area contributed by atoms with Gasteiger partial charge in [0.05, 0.1) is 18.1 Å². The zero-order chi connectivity index (χ0) is 14.4. The van der Waals surface area contributed by atoms with Gasteiger partial charge in [-0.1, -0.05) is 30.3 Å². The van der Waals surface area contributed by atoms with Crippen LogP contribution >= 0.6 is 0 Å². The first-order valence-electron chi connectivity index (χ1n) is 6.21. The Hall–Kier alpha value is -2.24. The molecule has 0 bridgehead atoms. The summed E-state index contributed by atoms with van der Waals surface area (Å²) in [5, 5.41) is 19.9. The largest absolute Gasteiger partial charge is 0.393 e. The van der Waals surface area contributed by atoms with Crippen molar-refractivity contribution in [3.05, 3.63) is 75.8 Å². The van der Waals surface area contributed by atoms with E-state index in [1.165, 1.54) is 12.1 Å². The summed E-state index contributed by atoms with van der Waals surface area (Å²) < 4.78 is 5.64. The molecule has 0 radical (unpaired) electrons. The number of aliphatic hydroxyl groups excluding tert-OH is 1. The number of hydrogen-bond acceptors (Lipinski definition) is 4. The van der Waals surface area contributed by atoms with Gasteiger partial charge < -0.3 is 9.84 Å². The van der Waals surface area contributed by atoms with Crippen molar-refractivity contribution in [1.82, 2.24) is 0 Å². The first-order valence-corrected chi connectivity index (χ1v) is 6.21. The molecule has 0 saturated heterocycles. The minimum Gasteiger partial charge on any atom is -0.393 e. The molecule has 104 valence electrons. The summed E-state index contributed by atoms with van der Waals surface area (Å²) in [5.41, 5.74) is 1.78. The Labute approximate surface area is 116 Å². The van der Waals surface area contributed by atoms with E-state index in [4.69, 9.17) is 4.74 Å². The highest BCUT2D eigenvalue weighted by Crippen LogP contribution is 2.19. The second-order valence-corrected chi connectivity index (χ2v) is 4.32. The minimum atomic E-state index is -0.439. The van der Waals surface area contributed by atoms with Crippen molar-refractivity contribution in [1.29, 1.82) is 0 Å². The molecule has 20 heavy (non-hydrogen) atoms. The van der Waals surface area contributed by atoms with Crippen LogP contribution in [0.3, 0.4) is 0 Å². The molecule has 2 rings (SSSR count). The van der Waals surface area contributed by atoms with E-state index in [9.17, 15) is 15.2 Å². The number of nitro groups is 1. The fourth-order valence-electron chi connectivity index (χ4n) is 1.83. The van der Waals surface area contributed by atoms with Gasteiger partial charge in [0.15, 0.2) is 0 Å². The predicted molar refractivity (Wildman–Crippen MR) is 74.2 cm³/mol. The van der Waals surface area contributed by atoms with E-state index in [1.54, 1.807) is 12.1 Å². The van der Waals surface area contributed by atoms with Crippen molar-refractivity contribution in [3.63, 3.8) is 0 Å². The monoisotopic (exact) mass is 273 g/mol. The highest BCUT2D eigenvalue weighted by atomic mass is 16.6. The normalized spacial score (nSPS) is 12.1. The quantitative estimate of drug-likeness (QED) is 0.648. The van der Waals surface area contributed by atoms with Gasteiger partial charge >= 0.3 is 0 Å². The summed E-state index contributed by atoms with van der Waals surface area (Å²) in [6, 6.07) is 15.6. The number of ether oxygens (including phenoxy) is 1. The molecule has 5 nitrogen and oxygen atoms in total. The Balaban J connectivity index is 1.98. The molecule has 0 aliphatic rings. The molecule has 1 unspecified atom stereocenters. The van der Waals surface area contributed by atoms with E-state index < -0.39 is 11.0 Å². The van der Waals surface area contributed by atoms with Gasteiger partial charge in [-0.3, -0.25) is 10.1 Å². The van der Waals surface area contributed by atoms with Gasteiger partial charge in [0.25, 0.3) is 5.69 Å². The maximum Gasteiger partial charge on any atom is 0.269 e. The van der Waals surface area contributed by atoms with Crippen molar-refractivity contribution in [2.45, 2.75) is 12.7 Å². The lowest BCUT2D eigenvalue weighted by Crippen LogP contribution is -2.08. The van der Waals surface area contributed by atoms with Crippen molar-refractivity contribution in [2.24, 2.45) is 0 Å². The summed E-state index contributed by atoms with van der Waals surface area (Å²) in [6.07, 6.45) is -0.397. The fraction of sp³-hybridized carbons (Fsp3) is 0.200. The topological polar surface area (TPSA) is 72.6 Å². The third kappa shape index (κ3) is 3.63. The Morgan fingerprint density at radius 2 is 1.75 bits per heavy atom. The molecular weight excluding hydrogens is 258 g/mol. The number of non-ortho nitro benzene ring substituents is 1. The Morgan fingerprint density at radius 1 is 1.10 bits per heavy atom.